The van der Waals surface area contributed by atoms with E-state index in [1.807, 2.05) is 44.1 Å². The molecule has 0 aliphatic carbocycles. The summed E-state index contributed by atoms with van der Waals surface area (Å²) >= 11 is 0. The van der Waals surface area contributed by atoms with Crippen LogP contribution in [0, 0.1) is 10.1 Å². The van der Waals surface area contributed by atoms with Gasteiger partial charge in [-0.2, -0.15) is 0 Å². The van der Waals surface area contributed by atoms with Gasteiger partial charge in [0.05, 0.1) is 23.3 Å². The number of hydrogen-bond donors (Lipinski definition) is 1. The SMILES string of the molecule is CCOc1cc(N(C)C)ccc1Nc1cc2c(cc1[N+](=O)[O-])OCO2. The van der Waals surface area contributed by atoms with Gasteiger partial charge in [-0.1, -0.05) is 0 Å². The molecule has 0 saturated heterocycles. The lowest BCUT2D eigenvalue weighted by Crippen LogP contribution is -2.09. The lowest BCUT2D eigenvalue weighted by atomic mass is 10.2. The zero-order chi connectivity index (χ0) is 18.0. The Kier molecular flexibility index (Phi) is 4.51. The van der Waals surface area contributed by atoms with Crippen LogP contribution in [0.3, 0.4) is 0 Å². The molecular weight excluding hydrogens is 326 g/mol. The number of nitrogens with zero attached hydrogens (tertiary/aromatic N) is 2. The van der Waals surface area contributed by atoms with Crippen LogP contribution in [0.2, 0.25) is 0 Å². The van der Waals surface area contributed by atoms with Crippen molar-refractivity contribution in [2.24, 2.45) is 0 Å². The minimum Gasteiger partial charge on any atom is -0.492 e. The summed E-state index contributed by atoms with van der Waals surface area (Å²) in [6.07, 6.45) is 0. The van der Waals surface area contributed by atoms with Crippen LogP contribution in [0.5, 0.6) is 17.2 Å². The lowest BCUT2D eigenvalue weighted by Gasteiger charge is -2.18. The second-order valence-corrected chi connectivity index (χ2v) is 5.61. The number of hydrogen-bond acceptors (Lipinski definition) is 7. The van der Waals surface area contributed by atoms with E-state index in [9.17, 15) is 10.1 Å². The predicted octanol–water partition coefficient (Wildman–Crippen LogP) is 3.53. The maximum Gasteiger partial charge on any atom is 0.296 e. The molecule has 8 heteroatoms. The number of nitro benzene ring substituents is 1. The molecule has 1 aliphatic heterocycles. The summed E-state index contributed by atoms with van der Waals surface area (Å²) in [7, 11) is 3.86. The van der Waals surface area contributed by atoms with Crippen molar-refractivity contribution >= 4 is 22.7 Å². The Balaban J connectivity index is 2.00. The van der Waals surface area contributed by atoms with Crippen molar-refractivity contribution in [2.75, 3.05) is 37.7 Å². The maximum atomic E-state index is 11.4. The molecule has 2 aromatic carbocycles. The Morgan fingerprint density at radius 2 is 1.92 bits per heavy atom. The Morgan fingerprint density at radius 1 is 1.20 bits per heavy atom. The van der Waals surface area contributed by atoms with Gasteiger partial charge in [0.1, 0.15) is 11.4 Å². The largest absolute Gasteiger partial charge is 0.492 e. The van der Waals surface area contributed by atoms with E-state index in [0.29, 0.717) is 35.2 Å². The van der Waals surface area contributed by atoms with Gasteiger partial charge in [0, 0.05) is 31.9 Å². The number of ether oxygens (including phenoxy) is 3. The molecule has 0 bridgehead atoms. The Bertz CT molecular complexity index is 807. The molecule has 0 spiro atoms. The van der Waals surface area contributed by atoms with E-state index in [0.717, 1.165) is 5.69 Å². The second-order valence-electron chi connectivity index (χ2n) is 5.61. The average Bonchev–Trinajstić information content (AvgIpc) is 3.03. The van der Waals surface area contributed by atoms with Gasteiger partial charge >= 0.3 is 0 Å². The molecule has 2 aromatic rings. The molecule has 0 atom stereocenters. The molecule has 0 unspecified atom stereocenters. The molecule has 8 nitrogen and oxygen atoms in total. The zero-order valence-corrected chi connectivity index (χ0v) is 14.2. The fourth-order valence-electron chi connectivity index (χ4n) is 2.49. The third-order valence-electron chi connectivity index (χ3n) is 3.74. The Morgan fingerprint density at radius 3 is 2.56 bits per heavy atom. The zero-order valence-electron chi connectivity index (χ0n) is 14.2. The summed E-state index contributed by atoms with van der Waals surface area (Å²) in [5.41, 5.74) is 1.82. The smallest absolute Gasteiger partial charge is 0.296 e. The van der Waals surface area contributed by atoms with Gasteiger partial charge in [-0.3, -0.25) is 10.1 Å². The molecule has 0 saturated carbocycles. The first-order valence-corrected chi connectivity index (χ1v) is 7.79. The van der Waals surface area contributed by atoms with Gasteiger partial charge in [-0.05, 0) is 19.1 Å². The van der Waals surface area contributed by atoms with Crippen LogP contribution in [0.15, 0.2) is 30.3 Å². The summed E-state index contributed by atoms with van der Waals surface area (Å²) in [5, 5.41) is 14.5. The third kappa shape index (κ3) is 3.37. The minimum absolute atomic E-state index is 0.0532. The van der Waals surface area contributed by atoms with Crippen molar-refractivity contribution in [3.8, 4) is 17.2 Å². The number of benzene rings is 2. The molecule has 132 valence electrons. The van der Waals surface area contributed by atoms with Crippen molar-refractivity contribution in [3.63, 3.8) is 0 Å². The number of nitrogens with one attached hydrogen (secondary N) is 1. The van der Waals surface area contributed by atoms with Crippen LogP contribution in [0.1, 0.15) is 6.92 Å². The summed E-state index contributed by atoms with van der Waals surface area (Å²) in [4.78, 5) is 12.9. The first-order valence-electron chi connectivity index (χ1n) is 7.79. The van der Waals surface area contributed by atoms with E-state index in [2.05, 4.69) is 5.32 Å². The average molecular weight is 345 g/mol. The molecule has 3 rings (SSSR count). The van der Waals surface area contributed by atoms with Gasteiger partial charge in [0.25, 0.3) is 5.69 Å². The highest BCUT2D eigenvalue weighted by Crippen LogP contribution is 2.42. The standard InChI is InChI=1S/C17H19N3O5/c1-4-23-15-7-11(19(2)3)5-6-12(15)18-13-8-16-17(25-10-24-16)9-14(13)20(21)22/h5-9,18H,4,10H2,1-3H3. The van der Waals surface area contributed by atoms with E-state index in [1.54, 1.807) is 6.07 Å². The van der Waals surface area contributed by atoms with Crippen LogP contribution in [-0.4, -0.2) is 32.4 Å². The molecule has 1 heterocycles. The topological polar surface area (TPSA) is 86.1 Å². The quantitative estimate of drug-likeness (QED) is 0.633. The van der Waals surface area contributed by atoms with E-state index in [4.69, 9.17) is 14.2 Å². The molecule has 1 N–H and O–H groups in total. The molecule has 25 heavy (non-hydrogen) atoms. The van der Waals surface area contributed by atoms with Crippen molar-refractivity contribution < 1.29 is 19.1 Å². The first-order chi connectivity index (χ1) is 12.0. The maximum absolute atomic E-state index is 11.4. The van der Waals surface area contributed by atoms with Gasteiger partial charge in [0.2, 0.25) is 6.79 Å². The number of fused-ring (bicyclic) bond motifs is 1. The normalized spacial score (nSPS) is 12.0. The number of anilines is 3. The Hall–Kier alpha value is -3.16. The van der Waals surface area contributed by atoms with Crippen LogP contribution >= 0.6 is 0 Å². The highest BCUT2D eigenvalue weighted by atomic mass is 16.7. The third-order valence-corrected chi connectivity index (χ3v) is 3.74. The van der Waals surface area contributed by atoms with Crippen LogP contribution in [0.25, 0.3) is 0 Å². The Labute approximate surface area is 145 Å². The highest BCUT2D eigenvalue weighted by Gasteiger charge is 2.24. The van der Waals surface area contributed by atoms with E-state index < -0.39 is 4.92 Å². The van der Waals surface area contributed by atoms with Crippen molar-refractivity contribution in [1.29, 1.82) is 0 Å². The number of rotatable bonds is 6. The highest BCUT2D eigenvalue weighted by molar-refractivity contribution is 5.77. The van der Waals surface area contributed by atoms with Crippen molar-refractivity contribution in [3.05, 3.63) is 40.4 Å². The molecule has 0 fully saturated rings. The monoisotopic (exact) mass is 345 g/mol. The van der Waals surface area contributed by atoms with Gasteiger partial charge < -0.3 is 24.4 Å². The number of nitro groups is 1. The van der Waals surface area contributed by atoms with Crippen LogP contribution in [-0.2, 0) is 0 Å². The van der Waals surface area contributed by atoms with E-state index >= 15 is 0 Å². The lowest BCUT2D eigenvalue weighted by molar-refractivity contribution is -0.384. The summed E-state index contributed by atoms with van der Waals surface area (Å²) in [6, 6.07) is 8.54. The van der Waals surface area contributed by atoms with Crippen molar-refractivity contribution in [2.45, 2.75) is 6.92 Å². The fraction of sp³-hybridized carbons (Fsp3) is 0.294. The predicted molar refractivity (Wildman–Crippen MR) is 94.4 cm³/mol. The van der Waals surface area contributed by atoms with Gasteiger partial charge in [-0.25, -0.2) is 0 Å². The van der Waals surface area contributed by atoms with Crippen LogP contribution in [0.4, 0.5) is 22.7 Å². The van der Waals surface area contributed by atoms with Gasteiger partial charge in [0.15, 0.2) is 11.5 Å². The molecular formula is C17H19N3O5. The molecule has 0 aromatic heterocycles. The molecule has 1 aliphatic rings. The van der Waals surface area contributed by atoms with E-state index in [1.165, 1.54) is 6.07 Å². The van der Waals surface area contributed by atoms with E-state index in [-0.39, 0.29) is 12.5 Å². The fourth-order valence-corrected chi connectivity index (χ4v) is 2.49. The summed E-state index contributed by atoms with van der Waals surface area (Å²) < 4.78 is 16.2. The summed E-state index contributed by atoms with van der Waals surface area (Å²) in [6.45, 7) is 2.42. The molecule has 0 radical (unpaired) electrons. The van der Waals surface area contributed by atoms with Crippen LogP contribution < -0.4 is 24.4 Å². The summed E-state index contributed by atoms with van der Waals surface area (Å²) in [5.74, 6) is 1.45. The minimum atomic E-state index is -0.459. The molecule has 0 amide bonds. The first kappa shape index (κ1) is 16.7. The second kappa shape index (κ2) is 6.76. The van der Waals surface area contributed by atoms with Gasteiger partial charge in [-0.15, -0.1) is 0 Å². The van der Waals surface area contributed by atoms with Crippen molar-refractivity contribution in [1.82, 2.24) is 0 Å².